The van der Waals surface area contributed by atoms with E-state index in [-0.39, 0.29) is 17.5 Å². The van der Waals surface area contributed by atoms with Crippen LogP contribution in [0.15, 0.2) is 54.6 Å². The second-order valence-electron chi connectivity index (χ2n) is 7.54. The minimum absolute atomic E-state index is 0.1000. The lowest BCUT2D eigenvalue weighted by atomic mass is 9.94. The first-order valence-corrected chi connectivity index (χ1v) is 10.0. The number of nitrogens with one attached hydrogen (secondary N) is 1. The van der Waals surface area contributed by atoms with Crippen LogP contribution < -0.4 is 10.1 Å². The molecule has 0 saturated carbocycles. The zero-order valence-electron chi connectivity index (χ0n) is 17.3. The Labute approximate surface area is 176 Å². The van der Waals surface area contributed by atoms with Crippen LogP contribution in [0, 0.1) is 0 Å². The van der Waals surface area contributed by atoms with E-state index in [0.29, 0.717) is 32.8 Å². The number of amides is 1. The third-order valence-corrected chi connectivity index (χ3v) is 5.60. The Balaban J connectivity index is 1.62. The first-order chi connectivity index (χ1) is 14.4. The van der Waals surface area contributed by atoms with Crippen molar-refractivity contribution in [3.05, 3.63) is 65.7 Å². The summed E-state index contributed by atoms with van der Waals surface area (Å²) < 4.78 is 11.4. The molecule has 0 aliphatic carbocycles. The number of carboxylic acids is 1. The maximum atomic E-state index is 13.2. The summed E-state index contributed by atoms with van der Waals surface area (Å²) in [4.78, 5) is 26.3. The van der Waals surface area contributed by atoms with Crippen LogP contribution in [0.1, 0.15) is 35.3 Å². The molecule has 1 aliphatic rings. The molecule has 1 aliphatic heterocycles. The molecule has 30 heavy (non-hydrogen) atoms. The van der Waals surface area contributed by atoms with Gasteiger partial charge in [0.25, 0.3) is 0 Å². The molecule has 0 spiro atoms. The molecule has 7 heteroatoms. The number of para-hydroxylation sites is 1. The Bertz CT molecular complexity index is 848. The molecule has 1 heterocycles. The highest BCUT2D eigenvalue weighted by atomic mass is 16.5. The zero-order valence-corrected chi connectivity index (χ0v) is 17.3. The van der Waals surface area contributed by atoms with E-state index in [1.807, 2.05) is 49.2 Å². The molecule has 2 atom stereocenters. The number of carbonyl (C=O) groups excluding carboxylic acids is 1. The highest BCUT2D eigenvalue weighted by molar-refractivity contribution is 5.88. The maximum Gasteiger partial charge on any atom is 0.335 e. The number of carboxylic acid groups (broad SMARTS) is 1. The van der Waals surface area contributed by atoms with E-state index in [1.165, 1.54) is 0 Å². The predicted molar refractivity (Wildman–Crippen MR) is 113 cm³/mol. The van der Waals surface area contributed by atoms with E-state index in [0.717, 1.165) is 11.3 Å². The Hall–Kier alpha value is -2.90. The number of ether oxygens (including phenoxy) is 2. The van der Waals surface area contributed by atoms with Crippen molar-refractivity contribution in [2.45, 2.75) is 24.9 Å². The number of hydrogen-bond acceptors (Lipinski definition) is 5. The van der Waals surface area contributed by atoms with E-state index in [1.54, 1.807) is 24.3 Å². The molecular weight excluding hydrogens is 384 g/mol. The quantitative estimate of drug-likeness (QED) is 0.659. The van der Waals surface area contributed by atoms with Gasteiger partial charge in [0.05, 0.1) is 18.2 Å². The van der Waals surface area contributed by atoms with Crippen molar-refractivity contribution in [1.82, 2.24) is 10.2 Å². The summed E-state index contributed by atoms with van der Waals surface area (Å²) in [6.45, 7) is 3.77. The number of benzene rings is 2. The van der Waals surface area contributed by atoms with E-state index in [2.05, 4.69) is 5.32 Å². The van der Waals surface area contributed by atoms with E-state index < -0.39 is 11.5 Å². The fourth-order valence-electron chi connectivity index (χ4n) is 3.57. The van der Waals surface area contributed by atoms with Gasteiger partial charge in [0, 0.05) is 19.6 Å². The Morgan fingerprint density at radius 2 is 1.90 bits per heavy atom. The molecule has 0 aromatic heterocycles. The van der Waals surface area contributed by atoms with Crippen molar-refractivity contribution in [3.63, 3.8) is 0 Å². The van der Waals surface area contributed by atoms with Gasteiger partial charge in [-0.3, -0.25) is 9.69 Å². The van der Waals surface area contributed by atoms with Gasteiger partial charge >= 0.3 is 5.97 Å². The molecule has 3 rings (SSSR count). The fraction of sp³-hybridized carbons (Fsp3) is 0.391. The molecule has 1 saturated heterocycles. The monoisotopic (exact) mass is 412 g/mol. The first kappa shape index (κ1) is 21.8. The van der Waals surface area contributed by atoms with Crippen molar-refractivity contribution in [2.75, 3.05) is 33.4 Å². The Morgan fingerprint density at radius 1 is 1.20 bits per heavy atom. The first-order valence-electron chi connectivity index (χ1n) is 10.0. The number of likely N-dealkylation sites (N-methyl/N-ethyl adjacent to an activating group) is 1. The van der Waals surface area contributed by atoms with Crippen LogP contribution in [0.2, 0.25) is 0 Å². The van der Waals surface area contributed by atoms with Gasteiger partial charge in [-0.25, -0.2) is 4.79 Å². The minimum Gasteiger partial charge on any atom is -0.492 e. The standard InChI is InChI=1S/C23H28N2O5/c1-17(18-8-10-19(11-9-18)21(26)27)24-22(28)23(12-14-29-16-23)25(2)13-15-30-20-6-4-3-5-7-20/h3-11,17H,12-16H2,1-2H3,(H,24,28)(H,26,27). The van der Waals surface area contributed by atoms with Crippen LogP contribution in [-0.4, -0.2) is 60.8 Å². The number of aromatic carboxylic acids is 1. The predicted octanol–water partition coefficient (Wildman–Crippen LogP) is 2.73. The average Bonchev–Trinajstić information content (AvgIpc) is 3.26. The van der Waals surface area contributed by atoms with Gasteiger partial charge in [0.15, 0.2) is 0 Å². The number of hydrogen-bond donors (Lipinski definition) is 2. The van der Waals surface area contributed by atoms with Crippen LogP contribution in [0.4, 0.5) is 0 Å². The minimum atomic E-state index is -0.973. The zero-order chi connectivity index (χ0) is 21.6. The van der Waals surface area contributed by atoms with Crippen LogP contribution in [0.3, 0.4) is 0 Å². The van der Waals surface area contributed by atoms with E-state index in [9.17, 15) is 9.59 Å². The second kappa shape index (κ2) is 9.73. The van der Waals surface area contributed by atoms with Crippen LogP contribution in [-0.2, 0) is 9.53 Å². The molecule has 0 bridgehead atoms. The molecule has 1 fully saturated rings. The van der Waals surface area contributed by atoms with Crippen molar-refractivity contribution < 1.29 is 24.2 Å². The second-order valence-corrected chi connectivity index (χ2v) is 7.54. The van der Waals surface area contributed by atoms with Gasteiger partial charge in [0.2, 0.25) is 5.91 Å². The molecule has 2 aromatic rings. The van der Waals surface area contributed by atoms with Crippen LogP contribution in [0.5, 0.6) is 5.75 Å². The molecular formula is C23H28N2O5. The lowest BCUT2D eigenvalue weighted by Gasteiger charge is -2.36. The molecule has 2 N–H and O–H groups in total. The average molecular weight is 412 g/mol. The smallest absolute Gasteiger partial charge is 0.335 e. The van der Waals surface area contributed by atoms with Gasteiger partial charge < -0.3 is 19.9 Å². The van der Waals surface area contributed by atoms with E-state index in [4.69, 9.17) is 14.6 Å². The Kier molecular flexibility index (Phi) is 7.07. The van der Waals surface area contributed by atoms with Gasteiger partial charge in [-0.15, -0.1) is 0 Å². The third-order valence-electron chi connectivity index (χ3n) is 5.60. The summed E-state index contributed by atoms with van der Waals surface area (Å²) in [6, 6.07) is 15.9. The normalized spacial score (nSPS) is 19.4. The molecule has 2 unspecified atom stereocenters. The van der Waals surface area contributed by atoms with Gasteiger partial charge in [-0.05, 0) is 43.8 Å². The number of carbonyl (C=O) groups is 2. The van der Waals surface area contributed by atoms with Crippen LogP contribution >= 0.6 is 0 Å². The lowest BCUT2D eigenvalue weighted by molar-refractivity contribution is -0.134. The molecule has 2 aromatic carbocycles. The van der Waals surface area contributed by atoms with Gasteiger partial charge in [0.1, 0.15) is 17.9 Å². The Morgan fingerprint density at radius 3 is 2.50 bits per heavy atom. The van der Waals surface area contributed by atoms with Crippen molar-refractivity contribution in [1.29, 1.82) is 0 Å². The van der Waals surface area contributed by atoms with Crippen LogP contribution in [0.25, 0.3) is 0 Å². The van der Waals surface area contributed by atoms with Crippen molar-refractivity contribution >= 4 is 11.9 Å². The lowest BCUT2D eigenvalue weighted by Crippen LogP contribution is -2.59. The summed E-state index contributed by atoms with van der Waals surface area (Å²) in [5, 5.41) is 12.1. The van der Waals surface area contributed by atoms with Gasteiger partial charge in [-0.2, -0.15) is 0 Å². The molecule has 7 nitrogen and oxygen atoms in total. The summed E-state index contributed by atoms with van der Waals surface area (Å²) in [7, 11) is 1.91. The SMILES string of the molecule is CC(NC(=O)C1(N(C)CCOc2ccccc2)CCOC1)c1ccc(C(=O)O)cc1. The molecule has 1 amide bonds. The highest BCUT2D eigenvalue weighted by Gasteiger charge is 2.46. The topological polar surface area (TPSA) is 88.1 Å². The van der Waals surface area contributed by atoms with Crippen molar-refractivity contribution in [3.8, 4) is 5.75 Å². The summed E-state index contributed by atoms with van der Waals surface area (Å²) >= 11 is 0. The summed E-state index contributed by atoms with van der Waals surface area (Å²) in [5.74, 6) is -0.276. The maximum absolute atomic E-state index is 13.2. The highest BCUT2D eigenvalue weighted by Crippen LogP contribution is 2.27. The number of rotatable bonds is 9. The molecule has 0 radical (unpaired) electrons. The molecule has 160 valence electrons. The summed E-state index contributed by atoms with van der Waals surface area (Å²) in [6.07, 6.45) is 0.603. The van der Waals surface area contributed by atoms with Crippen molar-refractivity contribution in [2.24, 2.45) is 0 Å². The number of nitrogens with zero attached hydrogens (tertiary/aromatic N) is 1. The largest absolute Gasteiger partial charge is 0.492 e. The fourth-order valence-corrected chi connectivity index (χ4v) is 3.57. The summed E-state index contributed by atoms with van der Waals surface area (Å²) in [5.41, 5.74) is 0.309. The van der Waals surface area contributed by atoms with Gasteiger partial charge in [-0.1, -0.05) is 30.3 Å². The third kappa shape index (κ3) is 4.98. The van der Waals surface area contributed by atoms with E-state index >= 15 is 0 Å².